The van der Waals surface area contributed by atoms with Crippen molar-refractivity contribution >= 4 is 50.5 Å². The normalized spacial score (nSPS) is 17.6. The summed E-state index contributed by atoms with van der Waals surface area (Å²) >= 11 is 4.51. The molecule has 3 nitrogen and oxygen atoms in total. The Morgan fingerprint density at radius 3 is 2.62 bits per heavy atom. The van der Waals surface area contributed by atoms with Crippen molar-refractivity contribution in [3.05, 3.63) is 68.3 Å². The van der Waals surface area contributed by atoms with Crippen LogP contribution in [0.1, 0.15) is 16.7 Å². The quantitative estimate of drug-likeness (QED) is 0.707. The number of rotatable bonds is 2. The molecule has 0 unspecified atom stereocenters. The van der Waals surface area contributed by atoms with Gasteiger partial charge in [-0.25, -0.2) is 9.38 Å². The van der Waals surface area contributed by atoms with Gasteiger partial charge in [-0.05, 0) is 61.0 Å². The number of nitrogens with zero attached hydrogens (tertiary/aromatic N) is 1. The van der Waals surface area contributed by atoms with E-state index in [-0.39, 0.29) is 11.7 Å². The van der Waals surface area contributed by atoms with E-state index in [1.807, 2.05) is 32.0 Å². The molecule has 0 saturated carbocycles. The zero-order valence-electron chi connectivity index (χ0n) is 13.1. The van der Waals surface area contributed by atoms with Crippen LogP contribution in [0.5, 0.6) is 0 Å². The van der Waals surface area contributed by atoms with Crippen LogP contribution in [0.4, 0.5) is 10.1 Å². The summed E-state index contributed by atoms with van der Waals surface area (Å²) in [6, 6.07) is 10.5. The molecule has 0 aromatic heterocycles. The predicted octanol–water partition coefficient (Wildman–Crippen LogP) is 5.10. The number of thioether (sulfide) groups is 1. The topological polar surface area (TPSA) is 41.5 Å². The molecule has 0 spiro atoms. The molecule has 3 rings (SSSR count). The second-order valence-electron chi connectivity index (χ2n) is 5.39. The van der Waals surface area contributed by atoms with Crippen LogP contribution >= 0.6 is 27.7 Å². The summed E-state index contributed by atoms with van der Waals surface area (Å²) < 4.78 is 14.6. The van der Waals surface area contributed by atoms with Gasteiger partial charge in [-0.1, -0.05) is 34.1 Å². The minimum absolute atomic E-state index is 0.274. The van der Waals surface area contributed by atoms with Crippen LogP contribution in [0.25, 0.3) is 6.08 Å². The number of amidine groups is 1. The highest BCUT2D eigenvalue weighted by Crippen LogP contribution is 2.31. The maximum Gasteiger partial charge on any atom is 0.264 e. The van der Waals surface area contributed by atoms with Crippen molar-refractivity contribution < 1.29 is 9.18 Å². The van der Waals surface area contributed by atoms with Gasteiger partial charge in [-0.3, -0.25) is 4.79 Å². The Morgan fingerprint density at radius 1 is 1.21 bits per heavy atom. The van der Waals surface area contributed by atoms with E-state index in [0.717, 1.165) is 21.3 Å². The minimum atomic E-state index is -0.376. The average Bonchev–Trinajstić information content (AvgIpc) is 2.87. The molecule has 0 atom stereocenters. The summed E-state index contributed by atoms with van der Waals surface area (Å²) in [7, 11) is 0. The highest BCUT2D eigenvalue weighted by molar-refractivity contribution is 9.10. The summed E-state index contributed by atoms with van der Waals surface area (Å²) in [4.78, 5) is 17.1. The summed E-state index contributed by atoms with van der Waals surface area (Å²) in [5, 5.41) is 3.23. The molecule has 122 valence electrons. The molecule has 1 fully saturated rings. The summed E-state index contributed by atoms with van der Waals surface area (Å²) in [6.45, 7) is 3.95. The molecular formula is C18H14BrFN2OS. The van der Waals surface area contributed by atoms with Gasteiger partial charge in [0.15, 0.2) is 5.17 Å². The van der Waals surface area contributed by atoms with E-state index >= 15 is 0 Å². The molecule has 1 heterocycles. The molecule has 0 radical (unpaired) electrons. The zero-order chi connectivity index (χ0) is 17.3. The molecule has 6 heteroatoms. The number of halogens is 2. The first-order valence-electron chi connectivity index (χ1n) is 7.25. The van der Waals surface area contributed by atoms with Crippen LogP contribution < -0.4 is 5.32 Å². The molecule has 1 amide bonds. The maximum atomic E-state index is 13.9. The van der Waals surface area contributed by atoms with Crippen molar-refractivity contribution in [3.8, 4) is 0 Å². The van der Waals surface area contributed by atoms with Gasteiger partial charge in [0, 0.05) is 10.0 Å². The van der Waals surface area contributed by atoms with Crippen molar-refractivity contribution in [2.24, 2.45) is 4.99 Å². The van der Waals surface area contributed by atoms with Crippen molar-refractivity contribution in [1.29, 1.82) is 0 Å². The number of benzene rings is 2. The molecule has 24 heavy (non-hydrogen) atoms. The highest BCUT2D eigenvalue weighted by Gasteiger charge is 2.24. The maximum absolute atomic E-state index is 13.9. The Morgan fingerprint density at radius 2 is 1.92 bits per heavy atom. The predicted molar refractivity (Wildman–Crippen MR) is 101 cm³/mol. The average molecular weight is 405 g/mol. The number of aliphatic imine (C=N–C) groups is 1. The first kappa shape index (κ1) is 16.9. The third-order valence-corrected chi connectivity index (χ3v) is 4.95. The van der Waals surface area contributed by atoms with Crippen LogP contribution in [0.3, 0.4) is 0 Å². The standard InChI is InChI=1S/C18H14BrFN2OS/c1-10-4-3-5-11(2)16(10)21-18-22-17(23)15(24-18)9-12-8-13(19)6-7-14(12)20/h3-9H,1-2H3,(H,21,22,23)/b15-9+. The first-order chi connectivity index (χ1) is 11.4. The van der Waals surface area contributed by atoms with Crippen molar-refractivity contribution in [1.82, 2.24) is 5.32 Å². The van der Waals surface area contributed by atoms with Crippen molar-refractivity contribution in [2.75, 3.05) is 0 Å². The summed E-state index contributed by atoms with van der Waals surface area (Å²) in [5.74, 6) is -0.649. The molecule has 1 saturated heterocycles. The lowest BCUT2D eigenvalue weighted by molar-refractivity contribution is -0.115. The van der Waals surface area contributed by atoms with Gasteiger partial charge in [0.2, 0.25) is 0 Å². The van der Waals surface area contributed by atoms with Gasteiger partial charge >= 0.3 is 0 Å². The highest BCUT2D eigenvalue weighted by atomic mass is 79.9. The number of para-hydroxylation sites is 1. The third kappa shape index (κ3) is 3.60. The number of aryl methyl sites for hydroxylation is 2. The summed E-state index contributed by atoms with van der Waals surface area (Å²) in [6.07, 6.45) is 1.54. The van der Waals surface area contributed by atoms with Crippen LogP contribution in [-0.2, 0) is 4.79 Å². The minimum Gasteiger partial charge on any atom is -0.300 e. The second-order valence-corrected chi connectivity index (χ2v) is 7.33. The van der Waals surface area contributed by atoms with Crippen LogP contribution in [-0.4, -0.2) is 11.1 Å². The van der Waals surface area contributed by atoms with Gasteiger partial charge in [0.1, 0.15) is 5.82 Å². The molecule has 0 aliphatic carbocycles. The first-order valence-corrected chi connectivity index (χ1v) is 8.86. The monoisotopic (exact) mass is 404 g/mol. The van der Waals surface area contributed by atoms with Gasteiger partial charge in [0.05, 0.1) is 10.6 Å². The number of carbonyl (C=O) groups excluding carboxylic acids is 1. The van der Waals surface area contributed by atoms with Gasteiger partial charge in [0.25, 0.3) is 5.91 Å². The fourth-order valence-electron chi connectivity index (χ4n) is 2.33. The lowest BCUT2D eigenvalue weighted by Crippen LogP contribution is -2.19. The van der Waals surface area contributed by atoms with Gasteiger partial charge in [-0.2, -0.15) is 0 Å². The van der Waals surface area contributed by atoms with Gasteiger partial charge < -0.3 is 5.32 Å². The largest absolute Gasteiger partial charge is 0.300 e. The van der Waals surface area contributed by atoms with E-state index < -0.39 is 0 Å². The van der Waals surface area contributed by atoms with E-state index in [0.29, 0.717) is 15.6 Å². The van der Waals surface area contributed by atoms with Crippen molar-refractivity contribution in [2.45, 2.75) is 13.8 Å². The lowest BCUT2D eigenvalue weighted by atomic mass is 10.1. The number of hydrogen-bond acceptors (Lipinski definition) is 3. The molecular weight excluding hydrogens is 391 g/mol. The van der Waals surface area contributed by atoms with E-state index in [2.05, 4.69) is 26.2 Å². The Kier molecular flexibility index (Phi) is 4.87. The lowest BCUT2D eigenvalue weighted by Gasteiger charge is -2.04. The summed E-state index contributed by atoms with van der Waals surface area (Å²) in [5.41, 5.74) is 3.27. The van der Waals surface area contributed by atoms with E-state index in [4.69, 9.17) is 0 Å². The third-order valence-electron chi connectivity index (χ3n) is 3.55. The molecule has 2 aromatic rings. The van der Waals surface area contributed by atoms with E-state index in [9.17, 15) is 9.18 Å². The number of amides is 1. The molecule has 1 aliphatic heterocycles. The molecule has 1 aliphatic rings. The zero-order valence-corrected chi connectivity index (χ0v) is 15.5. The molecule has 0 bridgehead atoms. The Bertz CT molecular complexity index is 872. The van der Waals surface area contributed by atoms with Gasteiger partial charge in [-0.15, -0.1) is 0 Å². The SMILES string of the molecule is Cc1cccc(C)c1N=C1NC(=O)/C(=C\c2cc(Br)ccc2F)S1. The smallest absolute Gasteiger partial charge is 0.264 e. The Hall–Kier alpha value is -1.92. The Balaban J connectivity index is 1.92. The Labute approximate surface area is 152 Å². The molecule has 1 N–H and O–H groups in total. The molecule has 2 aromatic carbocycles. The van der Waals surface area contributed by atoms with E-state index in [1.54, 1.807) is 12.1 Å². The fraction of sp³-hybridized carbons (Fsp3) is 0.111. The van der Waals surface area contributed by atoms with Crippen molar-refractivity contribution in [3.63, 3.8) is 0 Å². The van der Waals surface area contributed by atoms with Crippen LogP contribution in [0.15, 0.2) is 50.8 Å². The number of nitrogens with one attached hydrogen (secondary N) is 1. The van der Waals surface area contributed by atoms with Crippen LogP contribution in [0, 0.1) is 19.7 Å². The number of carbonyl (C=O) groups is 1. The second kappa shape index (κ2) is 6.91. The fourth-order valence-corrected chi connectivity index (χ4v) is 3.53. The van der Waals surface area contributed by atoms with Crippen LogP contribution in [0.2, 0.25) is 0 Å². The van der Waals surface area contributed by atoms with E-state index in [1.165, 1.54) is 23.9 Å². The number of hydrogen-bond donors (Lipinski definition) is 1.